The molecule has 1 saturated heterocycles. The average Bonchev–Trinajstić information content (AvgIpc) is 2.28. The van der Waals surface area contributed by atoms with Crippen molar-refractivity contribution in [3.05, 3.63) is 23.8 Å². The number of nitrogens with two attached hydrogens (primary N) is 1. The highest BCUT2D eigenvalue weighted by Gasteiger charge is 2.41. The summed E-state index contributed by atoms with van der Waals surface area (Å²) >= 11 is 0. The molecule has 1 aromatic carbocycles. The van der Waals surface area contributed by atoms with Crippen LogP contribution in [0.25, 0.3) is 0 Å². The van der Waals surface area contributed by atoms with E-state index in [4.69, 9.17) is 20.1 Å². The molecular formula is C11H16N2O3. The predicted molar refractivity (Wildman–Crippen MR) is 59.4 cm³/mol. The SMILES string of the molecule is COc1ccc(OC)c(C2(NN)COC2)c1. The Hall–Kier alpha value is -1.30. The molecule has 0 bridgehead atoms. The van der Waals surface area contributed by atoms with Gasteiger partial charge in [-0.15, -0.1) is 0 Å². The van der Waals surface area contributed by atoms with Gasteiger partial charge in [-0.3, -0.25) is 5.84 Å². The van der Waals surface area contributed by atoms with Gasteiger partial charge in [0, 0.05) is 5.56 Å². The zero-order valence-corrected chi connectivity index (χ0v) is 9.45. The lowest BCUT2D eigenvalue weighted by molar-refractivity contribution is -0.0796. The summed E-state index contributed by atoms with van der Waals surface area (Å²) in [4.78, 5) is 0. The molecule has 0 spiro atoms. The van der Waals surface area contributed by atoms with E-state index < -0.39 is 0 Å². The van der Waals surface area contributed by atoms with Gasteiger partial charge in [0.05, 0.1) is 27.4 Å². The van der Waals surface area contributed by atoms with Crippen molar-refractivity contribution in [2.45, 2.75) is 5.54 Å². The summed E-state index contributed by atoms with van der Waals surface area (Å²) in [6.07, 6.45) is 0. The van der Waals surface area contributed by atoms with E-state index in [1.54, 1.807) is 14.2 Å². The Morgan fingerprint density at radius 3 is 2.50 bits per heavy atom. The normalized spacial score (nSPS) is 17.7. The number of methoxy groups -OCH3 is 2. The highest BCUT2D eigenvalue weighted by atomic mass is 16.5. The lowest BCUT2D eigenvalue weighted by atomic mass is 9.88. The smallest absolute Gasteiger partial charge is 0.124 e. The van der Waals surface area contributed by atoms with Gasteiger partial charge in [-0.25, -0.2) is 5.43 Å². The van der Waals surface area contributed by atoms with Gasteiger partial charge in [-0.1, -0.05) is 0 Å². The van der Waals surface area contributed by atoms with Gasteiger partial charge in [0.25, 0.3) is 0 Å². The van der Waals surface area contributed by atoms with Gasteiger partial charge < -0.3 is 14.2 Å². The molecular weight excluding hydrogens is 208 g/mol. The van der Waals surface area contributed by atoms with Crippen LogP contribution in [0, 0.1) is 0 Å². The summed E-state index contributed by atoms with van der Waals surface area (Å²) in [5.74, 6) is 7.14. The van der Waals surface area contributed by atoms with Crippen molar-refractivity contribution in [3.8, 4) is 11.5 Å². The van der Waals surface area contributed by atoms with Crippen LogP contribution in [-0.2, 0) is 10.3 Å². The van der Waals surface area contributed by atoms with Crippen molar-refractivity contribution in [2.75, 3.05) is 27.4 Å². The van der Waals surface area contributed by atoms with Crippen LogP contribution in [0.5, 0.6) is 11.5 Å². The molecule has 0 aliphatic carbocycles. The molecule has 3 N–H and O–H groups in total. The first-order valence-electron chi connectivity index (χ1n) is 5.04. The van der Waals surface area contributed by atoms with E-state index in [0.717, 1.165) is 17.1 Å². The van der Waals surface area contributed by atoms with E-state index in [0.29, 0.717) is 13.2 Å². The molecule has 0 unspecified atom stereocenters. The Morgan fingerprint density at radius 2 is 2.06 bits per heavy atom. The minimum absolute atomic E-state index is 0.361. The molecule has 88 valence electrons. The van der Waals surface area contributed by atoms with Crippen LogP contribution in [-0.4, -0.2) is 27.4 Å². The highest BCUT2D eigenvalue weighted by molar-refractivity contribution is 5.45. The Bertz CT molecular complexity index is 372. The van der Waals surface area contributed by atoms with Crippen LogP contribution in [0.1, 0.15) is 5.56 Å². The van der Waals surface area contributed by atoms with Gasteiger partial charge in [0.1, 0.15) is 17.0 Å². The maximum Gasteiger partial charge on any atom is 0.124 e. The van der Waals surface area contributed by atoms with Crippen LogP contribution >= 0.6 is 0 Å². The van der Waals surface area contributed by atoms with Crippen molar-refractivity contribution in [1.82, 2.24) is 5.43 Å². The van der Waals surface area contributed by atoms with E-state index in [9.17, 15) is 0 Å². The average molecular weight is 224 g/mol. The van der Waals surface area contributed by atoms with Crippen molar-refractivity contribution in [1.29, 1.82) is 0 Å². The van der Waals surface area contributed by atoms with Crippen LogP contribution < -0.4 is 20.7 Å². The molecule has 5 heteroatoms. The molecule has 2 rings (SSSR count). The van der Waals surface area contributed by atoms with Crippen molar-refractivity contribution >= 4 is 0 Å². The lowest BCUT2D eigenvalue weighted by Crippen LogP contribution is -2.60. The quantitative estimate of drug-likeness (QED) is 0.572. The molecule has 0 saturated carbocycles. The van der Waals surface area contributed by atoms with E-state index in [2.05, 4.69) is 5.43 Å². The summed E-state index contributed by atoms with van der Waals surface area (Å²) in [7, 11) is 3.26. The number of hydrogen-bond acceptors (Lipinski definition) is 5. The van der Waals surface area contributed by atoms with Crippen LogP contribution in [0.2, 0.25) is 0 Å². The maximum absolute atomic E-state index is 5.59. The van der Waals surface area contributed by atoms with E-state index >= 15 is 0 Å². The fourth-order valence-electron chi connectivity index (χ4n) is 1.81. The van der Waals surface area contributed by atoms with Crippen LogP contribution in [0.15, 0.2) is 18.2 Å². The minimum Gasteiger partial charge on any atom is -0.497 e. The lowest BCUT2D eigenvalue weighted by Gasteiger charge is -2.41. The van der Waals surface area contributed by atoms with Crippen molar-refractivity contribution in [2.24, 2.45) is 5.84 Å². The minimum atomic E-state index is -0.361. The summed E-state index contributed by atoms with van der Waals surface area (Å²) < 4.78 is 15.7. The van der Waals surface area contributed by atoms with Crippen molar-refractivity contribution < 1.29 is 14.2 Å². The number of hydrogen-bond donors (Lipinski definition) is 2. The van der Waals surface area contributed by atoms with Gasteiger partial charge in [-0.05, 0) is 18.2 Å². The highest BCUT2D eigenvalue weighted by Crippen LogP contribution is 2.37. The second-order valence-electron chi connectivity index (χ2n) is 3.79. The molecule has 0 atom stereocenters. The molecule has 1 aromatic rings. The van der Waals surface area contributed by atoms with E-state index in [-0.39, 0.29) is 5.54 Å². The fourth-order valence-corrected chi connectivity index (χ4v) is 1.81. The molecule has 1 fully saturated rings. The molecule has 5 nitrogen and oxygen atoms in total. The Morgan fingerprint density at radius 1 is 1.31 bits per heavy atom. The number of hydrazine groups is 1. The number of benzene rings is 1. The number of ether oxygens (including phenoxy) is 3. The van der Waals surface area contributed by atoms with Crippen LogP contribution in [0.4, 0.5) is 0 Å². The predicted octanol–water partition coefficient (Wildman–Crippen LogP) is 0.393. The number of rotatable bonds is 4. The van der Waals surface area contributed by atoms with Crippen LogP contribution in [0.3, 0.4) is 0 Å². The Kier molecular flexibility index (Phi) is 3.00. The summed E-state index contributed by atoms with van der Waals surface area (Å²) in [5.41, 5.74) is 3.40. The topological polar surface area (TPSA) is 65.7 Å². The first kappa shape index (κ1) is 11.2. The van der Waals surface area contributed by atoms with Gasteiger partial charge >= 0.3 is 0 Å². The molecule has 0 amide bonds. The Labute approximate surface area is 94.5 Å². The third-order valence-electron chi connectivity index (χ3n) is 2.90. The third kappa shape index (κ3) is 1.63. The molecule has 16 heavy (non-hydrogen) atoms. The van der Waals surface area contributed by atoms with E-state index in [1.807, 2.05) is 18.2 Å². The molecule has 1 aliphatic rings. The standard InChI is InChI=1S/C11H16N2O3/c1-14-8-3-4-10(15-2)9(5-8)11(13-12)6-16-7-11/h3-5,13H,6-7,12H2,1-2H3. The number of nitrogens with one attached hydrogen (secondary N) is 1. The first-order valence-corrected chi connectivity index (χ1v) is 5.04. The summed E-state index contributed by atoms with van der Waals surface area (Å²) in [6.45, 7) is 1.07. The monoisotopic (exact) mass is 224 g/mol. The summed E-state index contributed by atoms with van der Waals surface area (Å²) in [5, 5.41) is 0. The maximum atomic E-state index is 5.59. The second-order valence-corrected chi connectivity index (χ2v) is 3.79. The third-order valence-corrected chi connectivity index (χ3v) is 2.90. The van der Waals surface area contributed by atoms with Gasteiger partial charge in [0.15, 0.2) is 0 Å². The fraction of sp³-hybridized carbons (Fsp3) is 0.455. The molecule has 1 heterocycles. The zero-order valence-electron chi connectivity index (χ0n) is 9.45. The van der Waals surface area contributed by atoms with Crippen molar-refractivity contribution in [3.63, 3.8) is 0 Å². The van der Waals surface area contributed by atoms with Gasteiger partial charge in [0.2, 0.25) is 0 Å². The Balaban J connectivity index is 2.43. The first-order chi connectivity index (χ1) is 7.75. The largest absolute Gasteiger partial charge is 0.497 e. The second kappa shape index (κ2) is 4.29. The zero-order chi connectivity index (χ0) is 11.6. The van der Waals surface area contributed by atoms with E-state index in [1.165, 1.54) is 0 Å². The molecule has 1 aliphatic heterocycles. The molecule has 0 aromatic heterocycles. The summed E-state index contributed by atoms with van der Waals surface area (Å²) in [6, 6.07) is 5.64. The molecule has 0 radical (unpaired) electrons. The van der Waals surface area contributed by atoms with Gasteiger partial charge in [-0.2, -0.15) is 0 Å².